The molecule has 0 aromatic carbocycles. The molecule has 1 atom stereocenters. The van der Waals surface area contributed by atoms with Gasteiger partial charge in [-0.2, -0.15) is 0 Å². The molecule has 0 bridgehead atoms. The Balaban J connectivity index is 3.04. The van der Waals surface area contributed by atoms with Crippen molar-refractivity contribution in [2.75, 3.05) is 119 Å². The van der Waals surface area contributed by atoms with Gasteiger partial charge in [0.2, 0.25) is 0 Å². The van der Waals surface area contributed by atoms with Crippen LogP contribution in [0.15, 0.2) is 0 Å². The first-order chi connectivity index (χ1) is 22.8. The number of hydrogen-bond acceptors (Lipinski definition) is 9. The molecule has 46 heavy (non-hydrogen) atoms. The highest BCUT2D eigenvalue weighted by atomic mass is 16.6. The average Bonchev–Trinajstić information content (AvgIpc) is 3.07. The lowest BCUT2D eigenvalue weighted by atomic mass is 10.0. The SMILES string of the molecule is CCCCCCCCCCCCCCCCOCCOCCOCCOCCOCCOCCOCCOCCOCC(C)CC. The van der Waals surface area contributed by atoms with E-state index in [0.29, 0.717) is 112 Å². The highest BCUT2D eigenvalue weighted by Crippen LogP contribution is 2.13. The van der Waals surface area contributed by atoms with E-state index in [0.717, 1.165) is 26.1 Å². The predicted octanol–water partition coefficient (Wildman–Crippen LogP) is 7.66. The molecule has 278 valence electrons. The van der Waals surface area contributed by atoms with E-state index >= 15 is 0 Å². The monoisotopic (exact) mass is 665 g/mol. The van der Waals surface area contributed by atoms with Gasteiger partial charge in [-0.05, 0) is 12.3 Å². The molecule has 9 heteroatoms. The van der Waals surface area contributed by atoms with Crippen LogP contribution in [0.3, 0.4) is 0 Å². The summed E-state index contributed by atoms with van der Waals surface area (Å²) in [6, 6.07) is 0. The minimum absolute atomic E-state index is 0.542. The van der Waals surface area contributed by atoms with Crippen LogP contribution in [0.5, 0.6) is 0 Å². The van der Waals surface area contributed by atoms with Crippen molar-refractivity contribution in [1.29, 1.82) is 0 Å². The molecule has 0 aliphatic carbocycles. The molecule has 0 aliphatic rings. The summed E-state index contributed by atoms with van der Waals surface area (Å²) in [7, 11) is 0. The maximum absolute atomic E-state index is 5.68. The van der Waals surface area contributed by atoms with Crippen LogP contribution in [0.25, 0.3) is 0 Å². The van der Waals surface area contributed by atoms with Gasteiger partial charge in [0, 0.05) is 13.2 Å². The van der Waals surface area contributed by atoms with Gasteiger partial charge in [-0.3, -0.25) is 0 Å². The normalized spacial score (nSPS) is 12.3. The van der Waals surface area contributed by atoms with Crippen LogP contribution in [0.2, 0.25) is 0 Å². The number of hydrogen-bond donors (Lipinski definition) is 0. The van der Waals surface area contributed by atoms with E-state index < -0.39 is 0 Å². The van der Waals surface area contributed by atoms with Crippen molar-refractivity contribution in [1.82, 2.24) is 0 Å². The number of unbranched alkanes of at least 4 members (excludes halogenated alkanes) is 13. The topological polar surface area (TPSA) is 83.1 Å². The van der Waals surface area contributed by atoms with Gasteiger partial charge >= 0.3 is 0 Å². The molecule has 0 saturated carbocycles. The molecule has 0 aliphatic heterocycles. The largest absolute Gasteiger partial charge is 0.379 e. The third-order valence-electron chi connectivity index (χ3n) is 7.72. The Morgan fingerprint density at radius 1 is 0.283 bits per heavy atom. The summed E-state index contributed by atoms with van der Waals surface area (Å²) >= 11 is 0. The van der Waals surface area contributed by atoms with E-state index in [-0.39, 0.29) is 0 Å². The van der Waals surface area contributed by atoms with Crippen LogP contribution in [-0.2, 0) is 42.6 Å². The smallest absolute Gasteiger partial charge is 0.0701 e. The van der Waals surface area contributed by atoms with Crippen molar-refractivity contribution >= 4 is 0 Å². The Labute approximate surface area is 284 Å². The van der Waals surface area contributed by atoms with Gasteiger partial charge in [0.1, 0.15) is 0 Å². The zero-order valence-electron chi connectivity index (χ0n) is 30.6. The second-order valence-corrected chi connectivity index (χ2v) is 12.1. The van der Waals surface area contributed by atoms with Crippen molar-refractivity contribution in [3.8, 4) is 0 Å². The Hall–Kier alpha value is -0.360. The van der Waals surface area contributed by atoms with Crippen LogP contribution in [0.1, 0.15) is 117 Å². The maximum Gasteiger partial charge on any atom is 0.0701 e. The zero-order valence-corrected chi connectivity index (χ0v) is 30.6. The summed E-state index contributed by atoms with van der Waals surface area (Å²) in [6.07, 6.45) is 20.5. The highest BCUT2D eigenvalue weighted by Gasteiger charge is 1.99. The first kappa shape index (κ1) is 45.6. The first-order valence-electron chi connectivity index (χ1n) is 19.0. The van der Waals surface area contributed by atoms with Gasteiger partial charge in [0.15, 0.2) is 0 Å². The highest BCUT2D eigenvalue weighted by molar-refractivity contribution is 4.50. The van der Waals surface area contributed by atoms with Crippen LogP contribution >= 0.6 is 0 Å². The van der Waals surface area contributed by atoms with Gasteiger partial charge in [0.05, 0.1) is 106 Å². The van der Waals surface area contributed by atoms with E-state index in [2.05, 4.69) is 20.8 Å². The molecular formula is C37H76O9. The molecule has 1 unspecified atom stereocenters. The van der Waals surface area contributed by atoms with Gasteiger partial charge in [0.25, 0.3) is 0 Å². The maximum atomic E-state index is 5.68. The van der Waals surface area contributed by atoms with E-state index in [1.165, 1.54) is 83.5 Å². The lowest BCUT2D eigenvalue weighted by molar-refractivity contribution is -0.0255. The van der Waals surface area contributed by atoms with Crippen LogP contribution in [0, 0.1) is 5.92 Å². The van der Waals surface area contributed by atoms with Crippen LogP contribution in [0.4, 0.5) is 0 Å². The molecule has 0 spiro atoms. The second-order valence-electron chi connectivity index (χ2n) is 12.1. The van der Waals surface area contributed by atoms with Gasteiger partial charge in [-0.1, -0.05) is 111 Å². The van der Waals surface area contributed by atoms with Crippen molar-refractivity contribution in [3.05, 3.63) is 0 Å². The van der Waals surface area contributed by atoms with E-state index in [1.54, 1.807) is 0 Å². The molecule has 9 nitrogen and oxygen atoms in total. The second kappa shape index (κ2) is 42.7. The first-order valence-corrected chi connectivity index (χ1v) is 19.0. The quantitative estimate of drug-likeness (QED) is 0.0611. The average molecular weight is 665 g/mol. The lowest BCUT2D eigenvalue weighted by Crippen LogP contribution is -2.15. The van der Waals surface area contributed by atoms with Gasteiger partial charge < -0.3 is 42.6 Å². The van der Waals surface area contributed by atoms with Gasteiger partial charge in [-0.15, -0.1) is 0 Å². The molecule has 0 aromatic rings. The molecule has 0 saturated heterocycles. The number of rotatable bonds is 42. The molecule has 0 fully saturated rings. The summed E-state index contributed by atoms with van der Waals surface area (Å²) in [5.41, 5.74) is 0. The van der Waals surface area contributed by atoms with Crippen molar-refractivity contribution in [2.24, 2.45) is 5.92 Å². The van der Waals surface area contributed by atoms with Crippen molar-refractivity contribution in [2.45, 2.75) is 117 Å². The summed E-state index contributed by atoms with van der Waals surface area (Å²) in [4.78, 5) is 0. The fourth-order valence-electron chi connectivity index (χ4n) is 4.56. The summed E-state index contributed by atoms with van der Waals surface area (Å²) in [6.45, 7) is 17.5. The fraction of sp³-hybridized carbons (Fsp3) is 1.00. The standard InChI is InChI=1S/C37H76O9/c1-4-6-7-8-9-10-11-12-13-14-15-16-17-18-19-38-20-21-39-22-23-40-24-25-41-26-27-42-28-29-43-30-31-44-32-33-45-34-35-46-36-37(3)5-2/h37H,4-36H2,1-3H3. The third-order valence-corrected chi connectivity index (χ3v) is 7.72. The van der Waals surface area contributed by atoms with E-state index in [1.807, 2.05) is 0 Å². The van der Waals surface area contributed by atoms with E-state index in [4.69, 9.17) is 42.6 Å². The minimum Gasteiger partial charge on any atom is -0.379 e. The molecule has 0 amide bonds. The summed E-state index contributed by atoms with van der Waals surface area (Å²) in [5.74, 6) is 0.605. The minimum atomic E-state index is 0.542. The fourth-order valence-corrected chi connectivity index (χ4v) is 4.56. The zero-order chi connectivity index (χ0) is 33.3. The Bertz CT molecular complexity index is 527. The number of ether oxygens (including phenoxy) is 9. The Morgan fingerprint density at radius 2 is 0.522 bits per heavy atom. The van der Waals surface area contributed by atoms with E-state index in [9.17, 15) is 0 Å². The van der Waals surface area contributed by atoms with Crippen LogP contribution in [-0.4, -0.2) is 119 Å². The Kier molecular flexibility index (Phi) is 42.3. The molecule has 0 N–H and O–H groups in total. The summed E-state index contributed by atoms with van der Waals surface area (Å²) < 4.78 is 49.8. The molecule has 0 heterocycles. The Morgan fingerprint density at radius 3 is 0.804 bits per heavy atom. The molecular weight excluding hydrogens is 588 g/mol. The van der Waals surface area contributed by atoms with Crippen molar-refractivity contribution in [3.63, 3.8) is 0 Å². The molecule has 0 radical (unpaired) electrons. The predicted molar refractivity (Wildman–Crippen MR) is 187 cm³/mol. The van der Waals surface area contributed by atoms with Gasteiger partial charge in [-0.25, -0.2) is 0 Å². The van der Waals surface area contributed by atoms with Crippen molar-refractivity contribution < 1.29 is 42.6 Å². The molecule has 0 rings (SSSR count). The third kappa shape index (κ3) is 41.7. The van der Waals surface area contributed by atoms with Crippen LogP contribution < -0.4 is 0 Å². The molecule has 0 aromatic heterocycles. The summed E-state index contributed by atoms with van der Waals surface area (Å²) in [5, 5.41) is 0. The lowest BCUT2D eigenvalue weighted by Gasteiger charge is -2.10.